The summed E-state index contributed by atoms with van der Waals surface area (Å²) in [5.41, 5.74) is 1.03. The van der Waals surface area contributed by atoms with Crippen LogP contribution in [0, 0.1) is 0 Å². The van der Waals surface area contributed by atoms with E-state index >= 15 is 0 Å². The minimum Gasteiger partial charge on any atom is -0.356 e. The van der Waals surface area contributed by atoms with Crippen molar-refractivity contribution >= 4 is 5.91 Å². The number of benzene rings is 1. The minimum atomic E-state index is -0.157. The Kier molecular flexibility index (Phi) is 5.17. The van der Waals surface area contributed by atoms with Crippen LogP contribution >= 0.6 is 0 Å². The molecule has 0 aliphatic carbocycles. The summed E-state index contributed by atoms with van der Waals surface area (Å²) in [6, 6.07) is 9.72. The second-order valence-corrected chi connectivity index (χ2v) is 4.33. The van der Waals surface area contributed by atoms with E-state index in [0.717, 1.165) is 25.2 Å². The third-order valence-corrected chi connectivity index (χ3v) is 2.81. The van der Waals surface area contributed by atoms with Crippen molar-refractivity contribution in [2.45, 2.75) is 25.6 Å². The van der Waals surface area contributed by atoms with Crippen molar-refractivity contribution < 1.29 is 14.3 Å². The first-order valence-corrected chi connectivity index (χ1v) is 6.38. The van der Waals surface area contributed by atoms with Crippen molar-refractivity contribution in [2.24, 2.45) is 0 Å². The van der Waals surface area contributed by atoms with Gasteiger partial charge in [0.2, 0.25) is 5.91 Å². The lowest BCUT2D eigenvalue weighted by Crippen LogP contribution is -2.32. The fraction of sp³-hybridized carbons (Fsp3) is 0.500. The molecule has 1 saturated heterocycles. The predicted octanol–water partition coefficient (Wildman–Crippen LogP) is 1.50. The van der Waals surface area contributed by atoms with E-state index in [2.05, 4.69) is 5.32 Å². The van der Waals surface area contributed by atoms with E-state index in [9.17, 15) is 4.79 Å². The zero-order valence-electron chi connectivity index (χ0n) is 10.4. The molecular weight excluding hydrogens is 230 g/mol. The molecule has 1 N–H and O–H groups in total. The van der Waals surface area contributed by atoms with Crippen LogP contribution in [0.1, 0.15) is 18.4 Å². The fourth-order valence-corrected chi connectivity index (χ4v) is 1.88. The van der Waals surface area contributed by atoms with Gasteiger partial charge in [0.05, 0.1) is 19.6 Å². The van der Waals surface area contributed by atoms with Crippen molar-refractivity contribution in [3.63, 3.8) is 0 Å². The molecular formula is C14H19NO3. The van der Waals surface area contributed by atoms with Gasteiger partial charge < -0.3 is 14.8 Å². The summed E-state index contributed by atoms with van der Waals surface area (Å²) < 4.78 is 10.8. The molecule has 1 aliphatic heterocycles. The van der Waals surface area contributed by atoms with Crippen molar-refractivity contribution in [3.8, 4) is 0 Å². The van der Waals surface area contributed by atoms with E-state index in [4.69, 9.17) is 9.47 Å². The average Bonchev–Trinajstić information content (AvgIpc) is 2.41. The summed E-state index contributed by atoms with van der Waals surface area (Å²) in [4.78, 5) is 11.7. The molecule has 0 atom stereocenters. The Morgan fingerprint density at radius 3 is 2.67 bits per heavy atom. The Morgan fingerprint density at radius 2 is 1.94 bits per heavy atom. The molecule has 98 valence electrons. The van der Waals surface area contributed by atoms with E-state index in [1.165, 1.54) is 0 Å². The SMILES string of the molecule is O=C(Cc1ccccc1)NCCC1OCCCO1. The molecule has 1 aromatic carbocycles. The first kappa shape index (κ1) is 13.1. The van der Waals surface area contributed by atoms with Crippen molar-refractivity contribution in [1.29, 1.82) is 0 Å². The van der Waals surface area contributed by atoms with Crippen molar-refractivity contribution in [2.75, 3.05) is 19.8 Å². The first-order valence-electron chi connectivity index (χ1n) is 6.38. The van der Waals surface area contributed by atoms with E-state index in [-0.39, 0.29) is 12.2 Å². The number of carbonyl (C=O) groups excluding carboxylic acids is 1. The van der Waals surface area contributed by atoms with Crippen LogP contribution in [-0.2, 0) is 20.7 Å². The van der Waals surface area contributed by atoms with Crippen LogP contribution in [0.25, 0.3) is 0 Å². The van der Waals surface area contributed by atoms with Crippen LogP contribution in [0.4, 0.5) is 0 Å². The summed E-state index contributed by atoms with van der Waals surface area (Å²) in [6.45, 7) is 2.10. The Hall–Kier alpha value is -1.39. The topological polar surface area (TPSA) is 47.6 Å². The third-order valence-electron chi connectivity index (χ3n) is 2.81. The second kappa shape index (κ2) is 7.13. The van der Waals surface area contributed by atoms with E-state index in [1.807, 2.05) is 30.3 Å². The van der Waals surface area contributed by atoms with Crippen LogP contribution in [0.3, 0.4) is 0 Å². The standard InChI is InChI=1S/C14H19NO3/c16-13(11-12-5-2-1-3-6-12)15-8-7-14-17-9-4-10-18-14/h1-3,5-6,14H,4,7-11H2,(H,15,16). The van der Waals surface area contributed by atoms with Crippen LogP contribution < -0.4 is 5.32 Å². The minimum absolute atomic E-state index is 0.0389. The number of ether oxygens (including phenoxy) is 2. The number of amides is 1. The monoisotopic (exact) mass is 249 g/mol. The number of nitrogens with one attached hydrogen (secondary N) is 1. The van der Waals surface area contributed by atoms with Crippen molar-refractivity contribution in [3.05, 3.63) is 35.9 Å². The Balaban J connectivity index is 1.62. The molecule has 1 amide bonds. The largest absolute Gasteiger partial charge is 0.356 e. The molecule has 1 aliphatic rings. The van der Waals surface area contributed by atoms with Gasteiger partial charge in [-0.05, 0) is 12.0 Å². The predicted molar refractivity (Wildman–Crippen MR) is 68.1 cm³/mol. The van der Waals surface area contributed by atoms with Crippen LogP contribution in [0.5, 0.6) is 0 Å². The van der Waals surface area contributed by atoms with Crippen LogP contribution in [-0.4, -0.2) is 32.0 Å². The normalized spacial score (nSPS) is 16.4. The molecule has 1 fully saturated rings. The van der Waals surface area contributed by atoms with Crippen LogP contribution in [0.15, 0.2) is 30.3 Å². The zero-order chi connectivity index (χ0) is 12.6. The van der Waals surface area contributed by atoms with Gasteiger partial charge in [-0.15, -0.1) is 0 Å². The van der Waals surface area contributed by atoms with Gasteiger partial charge in [-0.3, -0.25) is 4.79 Å². The maximum absolute atomic E-state index is 11.7. The molecule has 0 unspecified atom stereocenters. The first-order chi connectivity index (χ1) is 8.84. The molecule has 4 nitrogen and oxygen atoms in total. The molecule has 0 spiro atoms. The Morgan fingerprint density at radius 1 is 1.22 bits per heavy atom. The quantitative estimate of drug-likeness (QED) is 0.860. The van der Waals surface area contributed by atoms with E-state index in [0.29, 0.717) is 19.4 Å². The fourth-order valence-electron chi connectivity index (χ4n) is 1.88. The number of hydrogen-bond donors (Lipinski definition) is 1. The maximum Gasteiger partial charge on any atom is 0.224 e. The molecule has 0 aromatic heterocycles. The van der Waals surface area contributed by atoms with Gasteiger partial charge in [-0.2, -0.15) is 0 Å². The van der Waals surface area contributed by atoms with Crippen LogP contribution in [0.2, 0.25) is 0 Å². The Labute approximate surface area is 107 Å². The summed E-state index contributed by atoms with van der Waals surface area (Å²) in [5, 5.41) is 2.88. The highest BCUT2D eigenvalue weighted by Gasteiger charge is 2.13. The molecule has 4 heteroatoms. The maximum atomic E-state index is 11.7. The zero-order valence-corrected chi connectivity index (χ0v) is 10.4. The van der Waals surface area contributed by atoms with Gasteiger partial charge in [-0.1, -0.05) is 30.3 Å². The van der Waals surface area contributed by atoms with E-state index in [1.54, 1.807) is 0 Å². The highest BCUT2D eigenvalue weighted by atomic mass is 16.7. The summed E-state index contributed by atoms with van der Waals surface area (Å²) in [6.07, 6.45) is 1.93. The smallest absolute Gasteiger partial charge is 0.224 e. The van der Waals surface area contributed by atoms with Gasteiger partial charge in [0.1, 0.15) is 0 Å². The van der Waals surface area contributed by atoms with Gasteiger partial charge in [-0.25, -0.2) is 0 Å². The highest BCUT2D eigenvalue weighted by molar-refractivity contribution is 5.78. The second-order valence-electron chi connectivity index (χ2n) is 4.33. The molecule has 18 heavy (non-hydrogen) atoms. The average molecular weight is 249 g/mol. The Bertz CT molecular complexity index is 361. The third kappa shape index (κ3) is 4.47. The molecule has 1 heterocycles. The van der Waals surface area contributed by atoms with E-state index < -0.39 is 0 Å². The molecule has 1 aromatic rings. The molecule has 2 rings (SSSR count). The lowest BCUT2D eigenvalue weighted by Gasteiger charge is -2.23. The van der Waals surface area contributed by atoms with Gasteiger partial charge >= 0.3 is 0 Å². The van der Waals surface area contributed by atoms with Gasteiger partial charge in [0.25, 0.3) is 0 Å². The highest BCUT2D eigenvalue weighted by Crippen LogP contribution is 2.07. The lowest BCUT2D eigenvalue weighted by molar-refractivity contribution is -0.180. The summed E-state index contributed by atoms with van der Waals surface area (Å²) in [5.74, 6) is 0.0389. The molecule has 0 radical (unpaired) electrons. The summed E-state index contributed by atoms with van der Waals surface area (Å²) >= 11 is 0. The number of carbonyl (C=O) groups is 1. The number of rotatable bonds is 5. The van der Waals surface area contributed by atoms with Crippen molar-refractivity contribution in [1.82, 2.24) is 5.32 Å². The molecule has 0 saturated carbocycles. The number of hydrogen-bond acceptors (Lipinski definition) is 3. The summed E-state index contributed by atoms with van der Waals surface area (Å²) in [7, 11) is 0. The lowest BCUT2D eigenvalue weighted by atomic mass is 10.1. The van der Waals surface area contributed by atoms with Gasteiger partial charge in [0.15, 0.2) is 6.29 Å². The van der Waals surface area contributed by atoms with Gasteiger partial charge in [0, 0.05) is 13.0 Å². The molecule has 0 bridgehead atoms.